The van der Waals surface area contributed by atoms with Crippen LogP contribution in [-0.4, -0.2) is 16.9 Å². The lowest BCUT2D eigenvalue weighted by molar-refractivity contribution is 0.833. The fraction of sp³-hybridized carbons (Fsp3) is 0.333. The lowest BCUT2D eigenvalue weighted by atomic mass is 10.3. The zero-order valence-electron chi connectivity index (χ0n) is 7.66. The van der Waals surface area contributed by atoms with Crippen LogP contribution >= 0.6 is 15.9 Å². The number of halogens is 1. The molecule has 3 nitrogen and oxygen atoms in total. The van der Waals surface area contributed by atoms with E-state index in [1.165, 1.54) is 0 Å². The summed E-state index contributed by atoms with van der Waals surface area (Å²) in [6.45, 7) is 3.95. The molecule has 1 heterocycles. The van der Waals surface area contributed by atoms with Gasteiger partial charge in [0, 0.05) is 16.7 Å². The summed E-state index contributed by atoms with van der Waals surface area (Å²) in [6.07, 6.45) is 1.70. The normalized spacial score (nSPS) is 12.2. The first kappa shape index (κ1) is 10.2. The molecule has 0 saturated carbocycles. The molecule has 0 atom stereocenters. The summed E-state index contributed by atoms with van der Waals surface area (Å²) in [6, 6.07) is 3.93. The van der Waals surface area contributed by atoms with Crippen molar-refractivity contribution in [2.75, 3.05) is 0 Å². The van der Waals surface area contributed by atoms with Crippen molar-refractivity contribution >= 4 is 21.8 Å². The van der Waals surface area contributed by atoms with Gasteiger partial charge >= 0.3 is 0 Å². The summed E-state index contributed by atoms with van der Waals surface area (Å²) >= 11 is 3.36. The van der Waals surface area contributed by atoms with Gasteiger partial charge in [0.1, 0.15) is 11.5 Å². The first-order valence-electron chi connectivity index (χ1n) is 4.05. The predicted octanol–water partition coefficient (Wildman–Crippen LogP) is 1.96. The van der Waals surface area contributed by atoms with Crippen LogP contribution < -0.4 is 5.73 Å². The van der Waals surface area contributed by atoms with E-state index in [2.05, 4.69) is 25.9 Å². The van der Waals surface area contributed by atoms with Crippen LogP contribution in [0.3, 0.4) is 0 Å². The van der Waals surface area contributed by atoms with Crippen molar-refractivity contribution in [1.82, 2.24) is 4.98 Å². The van der Waals surface area contributed by atoms with Gasteiger partial charge in [0.25, 0.3) is 0 Å². The van der Waals surface area contributed by atoms with Crippen LogP contribution in [0.1, 0.15) is 19.5 Å². The van der Waals surface area contributed by atoms with Crippen LogP contribution in [0.5, 0.6) is 0 Å². The fourth-order valence-electron chi connectivity index (χ4n) is 0.913. The number of aromatic nitrogens is 1. The van der Waals surface area contributed by atoms with Crippen molar-refractivity contribution in [2.45, 2.75) is 19.9 Å². The van der Waals surface area contributed by atoms with Crippen molar-refractivity contribution in [3.63, 3.8) is 0 Å². The molecule has 0 spiro atoms. The zero-order valence-corrected chi connectivity index (χ0v) is 9.25. The molecule has 4 heteroatoms. The second-order valence-electron chi connectivity index (χ2n) is 2.94. The molecule has 0 unspecified atom stereocenters. The van der Waals surface area contributed by atoms with Crippen molar-refractivity contribution in [1.29, 1.82) is 0 Å². The SMILES string of the molecule is CC(C)N=C(N)c1ncccc1Br. The molecule has 0 radical (unpaired) electrons. The van der Waals surface area contributed by atoms with Gasteiger partial charge in [0.2, 0.25) is 0 Å². The highest BCUT2D eigenvalue weighted by Gasteiger charge is 2.04. The van der Waals surface area contributed by atoms with Gasteiger partial charge < -0.3 is 5.73 Å². The molecule has 0 aromatic carbocycles. The van der Waals surface area contributed by atoms with E-state index < -0.39 is 0 Å². The smallest absolute Gasteiger partial charge is 0.146 e. The minimum absolute atomic E-state index is 0.189. The first-order chi connectivity index (χ1) is 6.11. The Morgan fingerprint density at radius 3 is 2.85 bits per heavy atom. The Labute approximate surface area is 86.2 Å². The van der Waals surface area contributed by atoms with Crippen LogP contribution in [0.15, 0.2) is 27.8 Å². The van der Waals surface area contributed by atoms with Crippen LogP contribution in [0.25, 0.3) is 0 Å². The highest BCUT2D eigenvalue weighted by Crippen LogP contribution is 2.12. The third-order valence-electron chi connectivity index (χ3n) is 1.40. The molecule has 0 aliphatic rings. The van der Waals surface area contributed by atoms with E-state index in [0.717, 1.165) is 4.47 Å². The number of hydrogen-bond donors (Lipinski definition) is 1. The highest BCUT2D eigenvalue weighted by molar-refractivity contribution is 9.10. The van der Waals surface area contributed by atoms with Crippen LogP contribution in [-0.2, 0) is 0 Å². The summed E-state index contributed by atoms with van der Waals surface area (Å²) in [5.74, 6) is 0.475. The third kappa shape index (κ3) is 2.81. The summed E-state index contributed by atoms with van der Waals surface area (Å²) < 4.78 is 0.872. The Kier molecular flexibility index (Phi) is 3.42. The summed E-state index contributed by atoms with van der Waals surface area (Å²) in [5.41, 5.74) is 6.46. The van der Waals surface area contributed by atoms with Crippen LogP contribution in [0.2, 0.25) is 0 Å². The first-order valence-corrected chi connectivity index (χ1v) is 4.84. The molecular weight excluding hydrogens is 230 g/mol. The Morgan fingerprint density at radius 1 is 1.62 bits per heavy atom. The van der Waals surface area contributed by atoms with Gasteiger partial charge in [-0.15, -0.1) is 0 Å². The number of nitrogens with zero attached hydrogens (tertiary/aromatic N) is 2. The van der Waals surface area contributed by atoms with Gasteiger partial charge in [0.05, 0.1) is 0 Å². The second-order valence-corrected chi connectivity index (χ2v) is 3.80. The number of nitrogens with two attached hydrogens (primary N) is 1. The van der Waals surface area contributed by atoms with E-state index >= 15 is 0 Å². The zero-order chi connectivity index (χ0) is 9.84. The molecule has 0 fully saturated rings. The lowest BCUT2D eigenvalue weighted by Crippen LogP contribution is -2.17. The minimum atomic E-state index is 0.189. The number of amidine groups is 1. The quantitative estimate of drug-likeness (QED) is 0.636. The Balaban J connectivity index is 3.02. The highest BCUT2D eigenvalue weighted by atomic mass is 79.9. The average molecular weight is 242 g/mol. The number of rotatable bonds is 2. The van der Waals surface area contributed by atoms with Gasteiger partial charge in [-0.05, 0) is 41.9 Å². The molecule has 1 rings (SSSR count). The van der Waals surface area contributed by atoms with Gasteiger partial charge in [-0.3, -0.25) is 9.98 Å². The monoisotopic (exact) mass is 241 g/mol. The minimum Gasteiger partial charge on any atom is -0.382 e. The van der Waals surface area contributed by atoms with E-state index in [9.17, 15) is 0 Å². The maximum atomic E-state index is 5.75. The van der Waals surface area contributed by atoms with Crippen molar-refractivity contribution in [3.8, 4) is 0 Å². The molecule has 0 saturated heterocycles. The number of pyridine rings is 1. The topological polar surface area (TPSA) is 51.3 Å². The molecule has 1 aromatic rings. The fourth-order valence-corrected chi connectivity index (χ4v) is 1.37. The summed E-state index contributed by atoms with van der Waals surface area (Å²) in [7, 11) is 0. The van der Waals surface area contributed by atoms with E-state index in [1.54, 1.807) is 6.20 Å². The van der Waals surface area contributed by atoms with Gasteiger partial charge in [0.15, 0.2) is 0 Å². The molecule has 0 bridgehead atoms. The molecule has 13 heavy (non-hydrogen) atoms. The Morgan fingerprint density at radius 2 is 2.31 bits per heavy atom. The van der Waals surface area contributed by atoms with Crippen molar-refractivity contribution in [2.24, 2.45) is 10.7 Å². The Bertz CT molecular complexity index is 320. The van der Waals surface area contributed by atoms with Gasteiger partial charge in [-0.1, -0.05) is 0 Å². The largest absolute Gasteiger partial charge is 0.382 e. The van der Waals surface area contributed by atoms with E-state index in [-0.39, 0.29) is 6.04 Å². The second kappa shape index (κ2) is 4.37. The van der Waals surface area contributed by atoms with Crippen molar-refractivity contribution in [3.05, 3.63) is 28.5 Å². The average Bonchev–Trinajstić information content (AvgIpc) is 2.03. The van der Waals surface area contributed by atoms with Crippen molar-refractivity contribution < 1.29 is 0 Å². The third-order valence-corrected chi connectivity index (χ3v) is 2.04. The molecule has 70 valence electrons. The van der Waals surface area contributed by atoms with Crippen LogP contribution in [0, 0.1) is 0 Å². The molecule has 1 aromatic heterocycles. The maximum absolute atomic E-state index is 5.75. The predicted molar refractivity (Wildman–Crippen MR) is 57.8 cm³/mol. The van der Waals surface area contributed by atoms with E-state index in [0.29, 0.717) is 11.5 Å². The molecule has 2 N–H and O–H groups in total. The molecular formula is C9H12BrN3. The molecule has 0 aliphatic heterocycles. The van der Waals surface area contributed by atoms with Gasteiger partial charge in [-0.2, -0.15) is 0 Å². The molecule has 0 aliphatic carbocycles. The van der Waals surface area contributed by atoms with Gasteiger partial charge in [-0.25, -0.2) is 0 Å². The maximum Gasteiger partial charge on any atom is 0.146 e. The summed E-state index contributed by atoms with van der Waals surface area (Å²) in [4.78, 5) is 8.34. The summed E-state index contributed by atoms with van der Waals surface area (Å²) in [5, 5.41) is 0. The number of hydrogen-bond acceptors (Lipinski definition) is 2. The number of aliphatic imine (C=N–C) groups is 1. The lowest BCUT2D eigenvalue weighted by Gasteiger charge is -2.03. The van der Waals surface area contributed by atoms with Crippen LogP contribution in [0.4, 0.5) is 0 Å². The molecule has 0 amide bonds. The van der Waals surface area contributed by atoms with E-state index in [4.69, 9.17) is 5.73 Å². The Hall–Kier alpha value is -0.900. The van der Waals surface area contributed by atoms with E-state index in [1.807, 2.05) is 26.0 Å². The standard InChI is InChI=1S/C9H12BrN3/c1-6(2)13-9(11)8-7(10)4-3-5-12-8/h3-6H,1-2H3,(H2,11,13).